The van der Waals surface area contributed by atoms with Crippen molar-refractivity contribution in [2.24, 2.45) is 0 Å². The second-order valence-corrected chi connectivity index (χ2v) is 5.88. The molecule has 1 N–H and O–H groups in total. The Morgan fingerprint density at radius 1 is 0.952 bits per heavy atom. The predicted molar refractivity (Wildman–Crippen MR) is 92.5 cm³/mol. The van der Waals surface area contributed by atoms with E-state index in [9.17, 15) is 0 Å². The summed E-state index contributed by atoms with van der Waals surface area (Å²) in [7, 11) is 0. The molecule has 0 spiro atoms. The Bertz CT molecular complexity index is 382. The summed E-state index contributed by atoms with van der Waals surface area (Å²) in [5.74, 6) is 0. The largest absolute Gasteiger partial charge is 0.392 e. The van der Waals surface area contributed by atoms with E-state index in [1.807, 2.05) is 0 Å². The van der Waals surface area contributed by atoms with E-state index < -0.39 is 0 Å². The summed E-state index contributed by atoms with van der Waals surface area (Å²) in [6, 6.07) is 0. The van der Waals surface area contributed by atoms with Crippen LogP contribution in [0.3, 0.4) is 0 Å². The van der Waals surface area contributed by atoms with Crippen LogP contribution in [0.4, 0.5) is 0 Å². The van der Waals surface area contributed by atoms with Gasteiger partial charge in [-0.3, -0.25) is 0 Å². The van der Waals surface area contributed by atoms with Gasteiger partial charge < -0.3 is 9.84 Å². The van der Waals surface area contributed by atoms with Gasteiger partial charge in [0.2, 0.25) is 0 Å². The van der Waals surface area contributed by atoms with E-state index >= 15 is 0 Å². The van der Waals surface area contributed by atoms with Crippen LogP contribution in [0.2, 0.25) is 0 Å². The second-order valence-electron chi connectivity index (χ2n) is 5.88. The molecule has 0 heterocycles. The maximum Gasteiger partial charge on any atom is 0.0700 e. The molecule has 0 rings (SSSR count). The highest BCUT2D eigenvalue weighted by Crippen LogP contribution is 2.11. The first kappa shape index (κ1) is 19.9. The number of hydrogen-bond acceptors (Lipinski definition) is 2. The number of aliphatic hydroxyl groups excluding tert-OH is 1. The normalized spacial score (nSPS) is 12.4. The molecule has 2 heteroatoms. The quantitative estimate of drug-likeness (QED) is 0.430. The topological polar surface area (TPSA) is 29.5 Å². The molecule has 0 saturated carbocycles. The third kappa shape index (κ3) is 13.6. The Hall–Kier alpha value is -1.12. The molecule has 2 nitrogen and oxygen atoms in total. The molecular weight excluding hydrogens is 260 g/mol. The molecule has 0 aliphatic carbocycles. The van der Waals surface area contributed by atoms with E-state index in [-0.39, 0.29) is 6.61 Å². The molecule has 0 amide bonds. The van der Waals surface area contributed by atoms with Crippen molar-refractivity contribution in [3.8, 4) is 0 Å². The van der Waals surface area contributed by atoms with Crippen LogP contribution in [0.25, 0.3) is 0 Å². The molecule has 0 bridgehead atoms. The van der Waals surface area contributed by atoms with Crippen molar-refractivity contribution in [2.75, 3.05) is 19.8 Å². The van der Waals surface area contributed by atoms with E-state index in [1.54, 1.807) is 0 Å². The first-order valence-corrected chi connectivity index (χ1v) is 7.75. The Morgan fingerprint density at radius 2 is 1.52 bits per heavy atom. The molecule has 0 saturated heterocycles. The van der Waals surface area contributed by atoms with Gasteiger partial charge in [-0.2, -0.15) is 0 Å². The van der Waals surface area contributed by atoms with Crippen molar-refractivity contribution < 1.29 is 9.84 Å². The van der Waals surface area contributed by atoms with Gasteiger partial charge in [0.05, 0.1) is 19.8 Å². The highest BCUT2D eigenvalue weighted by Gasteiger charge is 1.93. The number of allylic oxidation sites excluding steroid dienone is 5. The minimum absolute atomic E-state index is 0.000484. The van der Waals surface area contributed by atoms with E-state index in [4.69, 9.17) is 9.84 Å². The summed E-state index contributed by atoms with van der Waals surface area (Å²) in [6.45, 7) is 13.3. The van der Waals surface area contributed by atoms with Crippen LogP contribution in [0.15, 0.2) is 47.1 Å². The maximum atomic E-state index is 8.80. The van der Waals surface area contributed by atoms with E-state index in [2.05, 4.69) is 52.5 Å². The Morgan fingerprint density at radius 3 is 2.10 bits per heavy atom. The Labute approximate surface area is 130 Å². The van der Waals surface area contributed by atoms with Crippen molar-refractivity contribution >= 4 is 0 Å². The lowest BCUT2D eigenvalue weighted by molar-refractivity contribution is 0.174. The van der Waals surface area contributed by atoms with Crippen molar-refractivity contribution in [2.45, 2.75) is 53.4 Å². The van der Waals surface area contributed by atoms with Gasteiger partial charge in [0.15, 0.2) is 0 Å². The highest BCUT2D eigenvalue weighted by atomic mass is 16.5. The van der Waals surface area contributed by atoms with Gasteiger partial charge >= 0.3 is 0 Å². The molecule has 0 aliphatic rings. The lowest BCUT2D eigenvalue weighted by Crippen LogP contribution is -2.01. The zero-order valence-electron chi connectivity index (χ0n) is 14.2. The third-order valence-electron chi connectivity index (χ3n) is 3.20. The molecule has 21 heavy (non-hydrogen) atoms. The maximum absolute atomic E-state index is 8.80. The Kier molecular flexibility index (Phi) is 11.9. The van der Waals surface area contributed by atoms with Gasteiger partial charge in [-0.1, -0.05) is 41.5 Å². The van der Waals surface area contributed by atoms with Gasteiger partial charge in [-0.05, 0) is 59.0 Å². The van der Waals surface area contributed by atoms with Crippen LogP contribution in [-0.2, 0) is 4.74 Å². The fourth-order valence-corrected chi connectivity index (χ4v) is 1.79. The standard InChI is InChI=1S/C19H32O2/c1-16(2)8-6-9-17(3)10-7-11-18(4)12-13-21-15-19(5)14-20/h8,10,12,20H,5-7,9,11,13-15H2,1-4H3/b17-10+,18-12+. The van der Waals surface area contributed by atoms with Gasteiger partial charge in [-0.15, -0.1) is 0 Å². The number of rotatable bonds is 11. The van der Waals surface area contributed by atoms with Gasteiger partial charge in [-0.25, -0.2) is 0 Å². The molecule has 0 radical (unpaired) electrons. The van der Waals surface area contributed by atoms with Crippen LogP contribution in [0, 0.1) is 0 Å². The molecule has 0 atom stereocenters. The molecule has 120 valence electrons. The van der Waals surface area contributed by atoms with Crippen LogP contribution in [0.1, 0.15) is 53.4 Å². The summed E-state index contributed by atoms with van der Waals surface area (Å²) in [4.78, 5) is 0. The fourth-order valence-electron chi connectivity index (χ4n) is 1.79. The molecule has 0 aromatic carbocycles. The third-order valence-corrected chi connectivity index (χ3v) is 3.20. The number of ether oxygens (including phenoxy) is 1. The van der Waals surface area contributed by atoms with Crippen LogP contribution < -0.4 is 0 Å². The summed E-state index contributed by atoms with van der Waals surface area (Å²) >= 11 is 0. The summed E-state index contributed by atoms with van der Waals surface area (Å²) in [6.07, 6.45) is 11.2. The summed E-state index contributed by atoms with van der Waals surface area (Å²) in [5, 5.41) is 8.80. The smallest absolute Gasteiger partial charge is 0.0700 e. The van der Waals surface area contributed by atoms with E-state index in [0.717, 1.165) is 31.3 Å². The molecule has 0 aromatic heterocycles. The predicted octanol–water partition coefficient (Wildman–Crippen LogP) is 4.97. The van der Waals surface area contributed by atoms with Crippen LogP contribution in [0.5, 0.6) is 0 Å². The minimum Gasteiger partial charge on any atom is -0.392 e. The zero-order valence-corrected chi connectivity index (χ0v) is 14.2. The molecule has 0 fully saturated rings. The monoisotopic (exact) mass is 292 g/mol. The average Bonchev–Trinajstić information content (AvgIpc) is 2.42. The highest BCUT2D eigenvalue weighted by molar-refractivity contribution is 5.05. The van der Waals surface area contributed by atoms with Gasteiger partial charge in [0, 0.05) is 0 Å². The first-order valence-electron chi connectivity index (χ1n) is 7.75. The van der Waals surface area contributed by atoms with E-state index in [0.29, 0.717) is 13.2 Å². The second kappa shape index (κ2) is 12.6. The Balaban J connectivity index is 3.83. The number of aliphatic hydroxyl groups is 1. The summed E-state index contributed by atoms with van der Waals surface area (Å²) < 4.78 is 5.40. The van der Waals surface area contributed by atoms with E-state index in [1.165, 1.54) is 16.7 Å². The minimum atomic E-state index is -0.000484. The number of hydrogen-bond donors (Lipinski definition) is 1. The van der Waals surface area contributed by atoms with Crippen molar-refractivity contribution in [3.05, 3.63) is 47.1 Å². The van der Waals surface area contributed by atoms with Crippen LogP contribution in [-0.4, -0.2) is 24.9 Å². The zero-order chi connectivity index (χ0) is 16.1. The molecule has 0 aliphatic heterocycles. The van der Waals surface area contributed by atoms with Gasteiger partial charge in [0.1, 0.15) is 0 Å². The fraction of sp³-hybridized carbons (Fsp3) is 0.579. The van der Waals surface area contributed by atoms with Crippen molar-refractivity contribution in [1.29, 1.82) is 0 Å². The molecule has 0 unspecified atom stereocenters. The SMILES string of the molecule is C=C(CO)COC/C=C(\C)CC/C=C(\C)CCC=C(C)C. The van der Waals surface area contributed by atoms with Crippen molar-refractivity contribution in [1.82, 2.24) is 0 Å². The van der Waals surface area contributed by atoms with Crippen LogP contribution >= 0.6 is 0 Å². The lowest BCUT2D eigenvalue weighted by atomic mass is 10.1. The molecular formula is C19H32O2. The average molecular weight is 292 g/mol. The molecule has 0 aromatic rings. The summed E-state index contributed by atoms with van der Waals surface area (Å²) in [5.41, 5.74) is 4.93. The first-order chi connectivity index (χ1) is 9.95. The van der Waals surface area contributed by atoms with Crippen molar-refractivity contribution in [3.63, 3.8) is 0 Å². The van der Waals surface area contributed by atoms with Gasteiger partial charge in [0.25, 0.3) is 0 Å². The lowest BCUT2D eigenvalue weighted by Gasteiger charge is -2.04.